The van der Waals surface area contributed by atoms with Gasteiger partial charge in [0.1, 0.15) is 11.2 Å². The third kappa shape index (κ3) is 3.87. The Labute approximate surface area is 166 Å². The van der Waals surface area contributed by atoms with Crippen LogP contribution < -0.4 is 11.3 Å². The van der Waals surface area contributed by atoms with Crippen molar-refractivity contribution in [3.8, 4) is 11.1 Å². The van der Waals surface area contributed by atoms with Crippen molar-refractivity contribution in [3.05, 3.63) is 117 Å². The van der Waals surface area contributed by atoms with Gasteiger partial charge < -0.3 is 8.83 Å². The van der Waals surface area contributed by atoms with Gasteiger partial charge in [0.15, 0.2) is 0 Å². The Morgan fingerprint density at radius 1 is 0.621 bits per heavy atom. The van der Waals surface area contributed by atoms with E-state index in [0.717, 1.165) is 21.9 Å². The zero-order chi connectivity index (χ0) is 20.2. The Hall–Kier alpha value is -3.92. The van der Waals surface area contributed by atoms with Crippen molar-refractivity contribution in [2.75, 3.05) is 0 Å². The Balaban J connectivity index is 0.000000159. The van der Waals surface area contributed by atoms with Gasteiger partial charge >= 0.3 is 11.3 Å². The fourth-order valence-electron chi connectivity index (χ4n) is 3.25. The molecule has 4 nitrogen and oxygen atoms in total. The SMILES string of the molecule is Cc1c(-c2ccccc2)c(=O)oc2ccccc12.O=c1ccc2ccccc2o1. The Bertz CT molecular complexity index is 1400. The third-order valence-corrected chi connectivity index (χ3v) is 4.66. The van der Waals surface area contributed by atoms with E-state index in [-0.39, 0.29) is 11.3 Å². The van der Waals surface area contributed by atoms with Gasteiger partial charge in [0, 0.05) is 16.8 Å². The van der Waals surface area contributed by atoms with Crippen molar-refractivity contribution < 1.29 is 8.83 Å². The molecule has 142 valence electrons. The second-order valence-electron chi connectivity index (χ2n) is 6.54. The van der Waals surface area contributed by atoms with Crippen molar-refractivity contribution in [1.29, 1.82) is 0 Å². The summed E-state index contributed by atoms with van der Waals surface area (Å²) in [6.45, 7) is 1.96. The zero-order valence-electron chi connectivity index (χ0n) is 15.8. The van der Waals surface area contributed by atoms with Crippen molar-refractivity contribution in [2.45, 2.75) is 6.92 Å². The molecule has 0 radical (unpaired) electrons. The molecule has 0 aliphatic carbocycles. The van der Waals surface area contributed by atoms with E-state index in [1.54, 1.807) is 12.1 Å². The molecule has 29 heavy (non-hydrogen) atoms. The van der Waals surface area contributed by atoms with Gasteiger partial charge in [-0.15, -0.1) is 0 Å². The van der Waals surface area contributed by atoms with Crippen LogP contribution >= 0.6 is 0 Å². The van der Waals surface area contributed by atoms with E-state index in [1.165, 1.54) is 6.07 Å². The van der Waals surface area contributed by atoms with Crippen LogP contribution in [-0.2, 0) is 0 Å². The van der Waals surface area contributed by atoms with Crippen LogP contribution in [0.4, 0.5) is 0 Å². The van der Waals surface area contributed by atoms with Gasteiger partial charge in [-0.1, -0.05) is 66.7 Å². The lowest BCUT2D eigenvalue weighted by atomic mass is 10.00. The first-order chi connectivity index (χ1) is 14.1. The number of hydrogen-bond donors (Lipinski definition) is 0. The molecule has 0 saturated carbocycles. The maximum atomic E-state index is 12.1. The van der Waals surface area contributed by atoms with Crippen LogP contribution in [-0.4, -0.2) is 0 Å². The number of rotatable bonds is 1. The third-order valence-electron chi connectivity index (χ3n) is 4.66. The first kappa shape index (κ1) is 18.4. The standard InChI is InChI=1S/C16H12O2.C9H6O2/c1-11-13-9-5-6-10-14(13)18-16(17)15(11)12-7-3-2-4-8-12;10-9-6-5-7-3-1-2-4-8(7)11-9/h2-10H,1H3;1-6H. The van der Waals surface area contributed by atoms with Crippen molar-refractivity contribution in [2.24, 2.45) is 0 Å². The normalized spacial score (nSPS) is 10.5. The van der Waals surface area contributed by atoms with E-state index in [2.05, 4.69) is 0 Å². The summed E-state index contributed by atoms with van der Waals surface area (Å²) in [6.07, 6.45) is 0. The van der Waals surface area contributed by atoms with Crippen LogP contribution in [0.3, 0.4) is 0 Å². The van der Waals surface area contributed by atoms with Crippen LogP contribution in [0, 0.1) is 6.92 Å². The monoisotopic (exact) mass is 382 g/mol. The first-order valence-electron chi connectivity index (χ1n) is 9.20. The highest BCUT2D eigenvalue weighted by atomic mass is 16.4. The average molecular weight is 382 g/mol. The molecule has 2 aromatic heterocycles. The molecule has 0 aliphatic heterocycles. The molecule has 0 atom stereocenters. The quantitative estimate of drug-likeness (QED) is 0.356. The predicted octanol–water partition coefficient (Wildman–Crippen LogP) is 5.56. The number of fused-ring (bicyclic) bond motifs is 2. The van der Waals surface area contributed by atoms with Crippen molar-refractivity contribution in [1.82, 2.24) is 0 Å². The molecule has 4 heteroatoms. The highest BCUT2D eigenvalue weighted by molar-refractivity contribution is 5.86. The maximum Gasteiger partial charge on any atom is 0.344 e. The van der Waals surface area contributed by atoms with E-state index in [1.807, 2.05) is 79.7 Å². The molecular formula is C25H18O4. The van der Waals surface area contributed by atoms with Crippen LogP contribution in [0.1, 0.15) is 5.56 Å². The largest absolute Gasteiger partial charge is 0.423 e. The molecule has 2 heterocycles. The number of benzene rings is 3. The van der Waals surface area contributed by atoms with Gasteiger partial charge in [0.2, 0.25) is 0 Å². The minimum absolute atomic E-state index is 0.280. The van der Waals surface area contributed by atoms with Gasteiger partial charge in [0.05, 0.1) is 5.56 Å². The fourth-order valence-corrected chi connectivity index (χ4v) is 3.25. The van der Waals surface area contributed by atoms with E-state index >= 15 is 0 Å². The molecule has 3 aromatic carbocycles. The fraction of sp³-hybridized carbons (Fsp3) is 0.0400. The molecule has 0 spiro atoms. The van der Waals surface area contributed by atoms with E-state index in [4.69, 9.17) is 8.83 Å². The average Bonchev–Trinajstić information content (AvgIpc) is 2.75. The van der Waals surface area contributed by atoms with Gasteiger partial charge in [-0.05, 0) is 36.2 Å². The molecule has 0 aliphatic rings. The number of hydrogen-bond acceptors (Lipinski definition) is 4. The molecule has 0 unspecified atom stereocenters. The molecule has 5 aromatic rings. The summed E-state index contributed by atoms with van der Waals surface area (Å²) in [5.74, 6) is 0. The second-order valence-corrected chi connectivity index (χ2v) is 6.54. The minimum atomic E-state index is -0.302. The molecule has 5 rings (SSSR count). The summed E-state index contributed by atoms with van der Waals surface area (Å²) >= 11 is 0. The summed E-state index contributed by atoms with van der Waals surface area (Å²) < 4.78 is 10.3. The Morgan fingerprint density at radius 2 is 1.28 bits per heavy atom. The maximum absolute atomic E-state index is 12.1. The van der Waals surface area contributed by atoms with Gasteiger partial charge in [0.25, 0.3) is 0 Å². The lowest BCUT2D eigenvalue weighted by molar-refractivity contribution is 0.561. The Morgan fingerprint density at radius 3 is 2.07 bits per heavy atom. The van der Waals surface area contributed by atoms with Crippen LogP contribution in [0.15, 0.2) is 109 Å². The first-order valence-corrected chi connectivity index (χ1v) is 9.20. The molecule has 0 amide bonds. The highest BCUT2D eigenvalue weighted by Gasteiger charge is 2.12. The topological polar surface area (TPSA) is 60.4 Å². The highest BCUT2D eigenvalue weighted by Crippen LogP contribution is 2.25. The summed E-state index contributed by atoms with van der Waals surface area (Å²) in [5.41, 5.74) is 3.21. The van der Waals surface area contributed by atoms with Gasteiger partial charge in [-0.3, -0.25) is 0 Å². The summed E-state index contributed by atoms with van der Waals surface area (Å²) in [5, 5.41) is 1.93. The zero-order valence-corrected chi connectivity index (χ0v) is 15.8. The summed E-state index contributed by atoms with van der Waals surface area (Å²) in [4.78, 5) is 22.8. The summed E-state index contributed by atoms with van der Waals surface area (Å²) in [7, 11) is 0. The van der Waals surface area contributed by atoms with E-state index < -0.39 is 0 Å². The lowest BCUT2D eigenvalue weighted by Crippen LogP contribution is -2.05. The molecule has 0 bridgehead atoms. The molecular weight excluding hydrogens is 364 g/mol. The van der Waals surface area contributed by atoms with Gasteiger partial charge in [-0.2, -0.15) is 0 Å². The smallest absolute Gasteiger partial charge is 0.344 e. The number of para-hydroxylation sites is 2. The predicted molar refractivity (Wildman–Crippen MR) is 115 cm³/mol. The van der Waals surface area contributed by atoms with Crippen molar-refractivity contribution in [3.63, 3.8) is 0 Å². The van der Waals surface area contributed by atoms with Crippen LogP contribution in [0.25, 0.3) is 33.1 Å². The second kappa shape index (κ2) is 7.98. The van der Waals surface area contributed by atoms with E-state index in [0.29, 0.717) is 16.7 Å². The van der Waals surface area contributed by atoms with Crippen LogP contribution in [0.2, 0.25) is 0 Å². The molecule has 0 N–H and O–H groups in total. The number of aryl methyl sites for hydroxylation is 1. The minimum Gasteiger partial charge on any atom is -0.423 e. The summed E-state index contributed by atoms with van der Waals surface area (Å²) in [6, 6.07) is 27.8. The van der Waals surface area contributed by atoms with Gasteiger partial charge in [-0.25, -0.2) is 9.59 Å². The Kier molecular flexibility index (Phi) is 5.08. The molecule has 0 fully saturated rings. The van der Waals surface area contributed by atoms with Crippen molar-refractivity contribution >= 4 is 21.9 Å². The lowest BCUT2D eigenvalue weighted by Gasteiger charge is -2.07. The molecule has 0 saturated heterocycles. The van der Waals surface area contributed by atoms with Crippen LogP contribution in [0.5, 0.6) is 0 Å². The van der Waals surface area contributed by atoms with E-state index in [9.17, 15) is 9.59 Å².